The van der Waals surface area contributed by atoms with E-state index in [0.29, 0.717) is 23.4 Å². The van der Waals surface area contributed by atoms with Gasteiger partial charge in [-0.1, -0.05) is 25.1 Å². The van der Waals surface area contributed by atoms with Crippen molar-refractivity contribution in [1.82, 2.24) is 9.55 Å². The number of para-hydroxylation sites is 1. The van der Waals surface area contributed by atoms with E-state index in [9.17, 15) is 14.7 Å². The summed E-state index contributed by atoms with van der Waals surface area (Å²) in [6.07, 6.45) is 0.139. The molecule has 2 aliphatic rings. The lowest BCUT2D eigenvalue weighted by Crippen LogP contribution is -2.44. The quantitative estimate of drug-likeness (QED) is 0.376. The maximum absolute atomic E-state index is 13.0. The van der Waals surface area contributed by atoms with Gasteiger partial charge in [-0.15, -0.1) is 0 Å². The Morgan fingerprint density at radius 3 is 2.52 bits per heavy atom. The Bertz CT molecular complexity index is 1250. The first kappa shape index (κ1) is 21.2. The minimum Gasteiger partial charge on any atom is -0.458 e. The average molecular weight is 423 g/mol. The molecule has 0 bridgehead atoms. The largest absolute Gasteiger partial charge is 0.458 e. The number of hydrogen-bond acceptors (Lipinski definition) is 5. The minimum absolute atomic E-state index is 0.110. The molecule has 0 fully saturated rings. The number of esters is 1. The summed E-state index contributed by atoms with van der Waals surface area (Å²) in [4.78, 5) is 29.9. The molecule has 0 saturated carbocycles. The van der Waals surface area contributed by atoms with Crippen molar-refractivity contribution in [3.05, 3.63) is 63.4 Å². The van der Waals surface area contributed by atoms with Crippen molar-refractivity contribution in [2.24, 2.45) is 0 Å². The highest BCUT2D eigenvalue weighted by Crippen LogP contribution is 2.38. The molecule has 0 aliphatic carbocycles. The predicted molar refractivity (Wildman–Crippen MR) is 118 cm³/mol. The molecule has 162 valence electrons. The van der Waals surface area contributed by atoms with Crippen LogP contribution in [0.5, 0.6) is 0 Å². The Labute approximate surface area is 181 Å². The van der Waals surface area contributed by atoms with Gasteiger partial charge in [-0.25, -0.2) is 9.78 Å². The number of benzene rings is 1. The molecule has 7 heteroatoms. The predicted octanol–water partition coefficient (Wildman–Crippen LogP) is 2.40. The van der Waals surface area contributed by atoms with Crippen LogP contribution in [0.3, 0.4) is 0 Å². The van der Waals surface area contributed by atoms with Crippen molar-refractivity contribution in [1.29, 1.82) is 0 Å². The first-order valence-corrected chi connectivity index (χ1v) is 10.4. The number of quaternary nitrogens is 1. The van der Waals surface area contributed by atoms with Crippen LogP contribution < -0.4 is 5.56 Å². The van der Waals surface area contributed by atoms with E-state index in [1.54, 1.807) is 17.6 Å². The molecule has 5 rings (SSSR count). The van der Waals surface area contributed by atoms with Gasteiger partial charge in [0.2, 0.25) is 0 Å². The van der Waals surface area contributed by atoms with Gasteiger partial charge in [-0.3, -0.25) is 4.79 Å². The number of pyridine rings is 2. The van der Waals surface area contributed by atoms with Crippen molar-refractivity contribution < 1.29 is 19.1 Å². The van der Waals surface area contributed by atoms with E-state index in [1.807, 2.05) is 30.3 Å². The first-order chi connectivity index (χ1) is 14.5. The number of rotatable bonds is 1. The second-order valence-corrected chi connectivity index (χ2v) is 9.48. The van der Waals surface area contributed by atoms with Crippen LogP contribution in [0.15, 0.2) is 41.2 Å². The molecule has 2 aliphatic heterocycles. The smallest absolute Gasteiger partial charge is 0.343 e. The van der Waals surface area contributed by atoms with E-state index in [0.717, 1.165) is 26.6 Å². The van der Waals surface area contributed by atoms with Crippen molar-refractivity contribution in [3.8, 4) is 11.4 Å². The molecular formula is C24H28N3O4+. The third kappa shape index (κ3) is 3.64. The molecule has 0 amide bonds. The van der Waals surface area contributed by atoms with Crippen LogP contribution in [0.25, 0.3) is 22.3 Å². The van der Waals surface area contributed by atoms with Crippen LogP contribution in [0, 0.1) is 0 Å². The van der Waals surface area contributed by atoms with Gasteiger partial charge in [0.05, 0.1) is 57.2 Å². The summed E-state index contributed by atoms with van der Waals surface area (Å²) >= 11 is 0. The van der Waals surface area contributed by atoms with E-state index < -0.39 is 11.6 Å². The van der Waals surface area contributed by atoms with Gasteiger partial charge >= 0.3 is 5.97 Å². The second-order valence-electron chi connectivity index (χ2n) is 9.48. The maximum Gasteiger partial charge on any atom is 0.343 e. The molecule has 0 radical (unpaired) electrons. The fourth-order valence-corrected chi connectivity index (χ4v) is 3.93. The Morgan fingerprint density at radius 2 is 1.84 bits per heavy atom. The highest BCUT2D eigenvalue weighted by Gasteiger charge is 2.45. The Hall–Kier alpha value is -3.03. The van der Waals surface area contributed by atoms with E-state index in [-0.39, 0.29) is 18.6 Å². The number of cyclic esters (lactones) is 1. The summed E-state index contributed by atoms with van der Waals surface area (Å²) < 4.78 is 7.72. The number of fused-ring (bicyclic) bond motifs is 5. The van der Waals surface area contributed by atoms with Crippen LogP contribution in [0.4, 0.5) is 0 Å². The first-order valence-electron chi connectivity index (χ1n) is 10.4. The number of aliphatic hydroxyl groups is 1. The monoisotopic (exact) mass is 422 g/mol. The van der Waals surface area contributed by atoms with Crippen molar-refractivity contribution >= 4 is 16.9 Å². The number of carbonyl (C=O) groups is 1. The summed E-state index contributed by atoms with van der Waals surface area (Å²) in [5.74, 6) is -0.707. The molecule has 1 N–H and O–H groups in total. The van der Waals surface area contributed by atoms with Crippen LogP contribution in [0.1, 0.15) is 30.0 Å². The standard InChI is InChI=1S/C20H16N2O4.C4H12N/c1-2-20(25)14-8-16-17-12(7-11-5-3-4-6-15(11)21-17)9-22(16)18(23)13(14)10-26-19(20)24;1-5(2,3)4/h3-8,25H,2,9-10H2,1H3;1-4H3/q;+1/t20-;/m0./s1. The zero-order valence-corrected chi connectivity index (χ0v) is 18.6. The molecule has 31 heavy (non-hydrogen) atoms. The summed E-state index contributed by atoms with van der Waals surface area (Å²) in [5.41, 5.74) is 1.81. The van der Waals surface area contributed by atoms with Crippen LogP contribution in [-0.2, 0) is 28.3 Å². The molecule has 2 aromatic heterocycles. The van der Waals surface area contributed by atoms with Gasteiger partial charge in [-0.05, 0) is 24.6 Å². The zero-order valence-electron chi connectivity index (χ0n) is 18.6. The Kier molecular flexibility index (Phi) is 4.98. The molecule has 1 atom stereocenters. The number of hydrogen-bond donors (Lipinski definition) is 1. The summed E-state index contributed by atoms with van der Waals surface area (Å²) in [6.45, 7) is 2.01. The SMILES string of the molecule is CC[C@@]1(O)C(=O)OCc2c1cc1n(c2=O)Cc2cc3ccccc3nc2-1.C[N+](C)(C)C. The Morgan fingerprint density at radius 1 is 1.16 bits per heavy atom. The van der Waals surface area contributed by atoms with E-state index in [1.165, 1.54) is 0 Å². The normalized spacial score (nSPS) is 19.1. The summed E-state index contributed by atoms with van der Waals surface area (Å²) in [7, 11) is 8.50. The molecule has 0 spiro atoms. The fourth-order valence-electron chi connectivity index (χ4n) is 3.93. The molecule has 3 aromatic rings. The van der Waals surface area contributed by atoms with Gasteiger partial charge < -0.3 is 18.9 Å². The lowest BCUT2D eigenvalue weighted by atomic mass is 9.86. The summed E-state index contributed by atoms with van der Waals surface area (Å²) in [6, 6.07) is 11.6. The van der Waals surface area contributed by atoms with Gasteiger partial charge in [0.25, 0.3) is 5.56 Å². The third-order valence-corrected chi connectivity index (χ3v) is 5.42. The van der Waals surface area contributed by atoms with Crippen molar-refractivity contribution in [3.63, 3.8) is 0 Å². The molecule has 7 nitrogen and oxygen atoms in total. The van der Waals surface area contributed by atoms with Crippen molar-refractivity contribution in [2.45, 2.75) is 32.1 Å². The van der Waals surface area contributed by atoms with Gasteiger partial charge in [0.15, 0.2) is 5.60 Å². The lowest BCUT2D eigenvalue weighted by molar-refractivity contribution is -0.849. The third-order valence-electron chi connectivity index (χ3n) is 5.42. The number of aromatic nitrogens is 2. The van der Waals surface area contributed by atoms with Crippen molar-refractivity contribution in [2.75, 3.05) is 28.2 Å². The second kappa shape index (κ2) is 7.28. The van der Waals surface area contributed by atoms with E-state index in [4.69, 9.17) is 9.72 Å². The van der Waals surface area contributed by atoms with Crippen LogP contribution >= 0.6 is 0 Å². The van der Waals surface area contributed by atoms with Gasteiger partial charge in [0.1, 0.15) is 6.61 Å². The van der Waals surface area contributed by atoms with E-state index >= 15 is 0 Å². The van der Waals surface area contributed by atoms with Gasteiger partial charge in [-0.2, -0.15) is 0 Å². The van der Waals surface area contributed by atoms with Crippen LogP contribution in [-0.4, -0.2) is 53.3 Å². The molecule has 1 aromatic carbocycles. The molecule has 0 saturated heterocycles. The Balaban J connectivity index is 0.000000418. The summed E-state index contributed by atoms with van der Waals surface area (Å²) in [5, 5.41) is 11.8. The number of ether oxygens (including phenoxy) is 1. The lowest BCUT2D eigenvalue weighted by Gasteiger charge is -2.31. The van der Waals surface area contributed by atoms with Gasteiger partial charge in [0, 0.05) is 16.5 Å². The number of nitrogens with zero attached hydrogens (tertiary/aromatic N) is 3. The maximum atomic E-state index is 13.0. The topological polar surface area (TPSA) is 81.4 Å². The molecule has 4 heterocycles. The molecule has 0 unspecified atom stereocenters. The highest BCUT2D eigenvalue weighted by atomic mass is 16.6. The average Bonchev–Trinajstić information content (AvgIpc) is 3.06. The van der Waals surface area contributed by atoms with Crippen LogP contribution in [0.2, 0.25) is 0 Å². The minimum atomic E-state index is -1.79. The number of carbonyl (C=O) groups excluding carboxylic acids is 1. The highest BCUT2D eigenvalue weighted by molar-refractivity contribution is 5.86. The van der Waals surface area contributed by atoms with E-state index in [2.05, 4.69) is 28.2 Å². The fraction of sp³-hybridized carbons (Fsp3) is 0.375. The molecular weight excluding hydrogens is 394 g/mol. The zero-order chi connectivity index (χ0) is 22.6.